The third-order valence-corrected chi connectivity index (χ3v) is 6.28. The van der Waals surface area contributed by atoms with Gasteiger partial charge in [-0.05, 0) is 53.3 Å². The summed E-state index contributed by atoms with van der Waals surface area (Å²) in [5, 5.41) is 0. The van der Waals surface area contributed by atoms with Gasteiger partial charge in [0.1, 0.15) is 19.0 Å². The van der Waals surface area contributed by atoms with Crippen LogP contribution in [0, 0.1) is 0 Å². The average Bonchev–Trinajstić information content (AvgIpc) is 2.98. The van der Waals surface area contributed by atoms with Crippen LogP contribution in [0.15, 0.2) is 84.9 Å². The highest BCUT2D eigenvalue weighted by Gasteiger charge is 2.13. The minimum absolute atomic E-state index is 0.0236. The smallest absolute Gasteiger partial charge is 0.248 e. The number of allylic oxidation sites excluding steroid dienone is 1. The van der Waals surface area contributed by atoms with Crippen LogP contribution in [0.4, 0.5) is 0 Å². The van der Waals surface area contributed by atoms with E-state index < -0.39 is 0 Å². The zero-order valence-corrected chi connectivity index (χ0v) is 23.4. The van der Waals surface area contributed by atoms with Crippen molar-refractivity contribution in [3.8, 4) is 5.75 Å². The Hall–Kier alpha value is -3.45. The molecule has 0 aromatic heterocycles. The first-order valence-electron chi connectivity index (χ1n) is 13.7. The average molecular weight is 532 g/mol. The Labute approximate surface area is 233 Å². The van der Waals surface area contributed by atoms with Crippen LogP contribution in [0.3, 0.4) is 0 Å². The van der Waals surface area contributed by atoms with Crippen molar-refractivity contribution in [2.45, 2.75) is 20.3 Å². The SMILES string of the molecule is CCOCCOCCOCC(=O)N(C)CCOc1ccc(/C(=C(/CC)c2ccccc2)c2ccccc2)cc1. The number of benzene rings is 3. The predicted octanol–water partition coefficient (Wildman–Crippen LogP) is 5.96. The molecule has 0 aliphatic heterocycles. The highest BCUT2D eigenvalue weighted by Crippen LogP contribution is 2.34. The Balaban J connectivity index is 1.53. The summed E-state index contributed by atoms with van der Waals surface area (Å²) in [6.45, 7) is 7.62. The van der Waals surface area contributed by atoms with Crippen molar-refractivity contribution in [1.82, 2.24) is 4.90 Å². The van der Waals surface area contributed by atoms with Crippen LogP contribution in [-0.4, -0.2) is 70.6 Å². The van der Waals surface area contributed by atoms with Gasteiger partial charge in [0.25, 0.3) is 0 Å². The van der Waals surface area contributed by atoms with E-state index in [0.717, 1.165) is 17.7 Å². The lowest BCUT2D eigenvalue weighted by molar-refractivity contribution is -0.135. The number of nitrogens with zero attached hydrogens (tertiary/aromatic N) is 1. The maximum Gasteiger partial charge on any atom is 0.248 e. The van der Waals surface area contributed by atoms with Crippen molar-refractivity contribution in [2.75, 3.05) is 59.8 Å². The van der Waals surface area contributed by atoms with E-state index in [1.807, 2.05) is 31.2 Å². The molecule has 0 radical (unpaired) electrons. The number of amides is 1. The number of ether oxygens (including phenoxy) is 4. The van der Waals surface area contributed by atoms with Crippen molar-refractivity contribution in [2.24, 2.45) is 0 Å². The number of carbonyl (C=O) groups is 1. The molecule has 0 atom stereocenters. The molecule has 0 N–H and O–H groups in total. The Morgan fingerprint density at radius 1 is 0.667 bits per heavy atom. The van der Waals surface area contributed by atoms with Crippen LogP contribution in [-0.2, 0) is 19.0 Å². The van der Waals surface area contributed by atoms with Crippen LogP contribution in [0.1, 0.15) is 37.0 Å². The fraction of sp³-hybridized carbons (Fsp3) is 0.364. The summed E-state index contributed by atoms with van der Waals surface area (Å²) in [6.07, 6.45) is 0.914. The van der Waals surface area contributed by atoms with Crippen LogP contribution < -0.4 is 4.74 Å². The van der Waals surface area contributed by atoms with Gasteiger partial charge >= 0.3 is 0 Å². The lowest BCUT2D eigenvalue weighted by atomic mass is 9.88. The van der Waals surface area contributed by atoms with Crippen molar-refractivity contribution in [3.05, 3.63) is 102 Å². The second-order valence-electron chi connectivity index (χ2n) is 8.99. The summed E-state index contributed by atoms with van der Waals surface area (Å²) in [5.74, 6) is 0.680. The number of likely N-dealkylation sites (N-methyl/N-ethyl adjacent to an activating group) is 1. The van der Waals surface area contributed by atoms with Crippen molar-refractivity contribution < 1.29 is 23.7 Å². The molecular weight excluding hydrogens is 490 g/mol. The number of hydrogen-bond acceptors (Lipinski definition) is 5. The number of rotatable bonds is 17. The standard InChI is InChI=1S/C33H41NO5/c1-4-31(27-12-8-6-9-13-27)33(28-14-10-7-11-15-28)29-16-18-30(19-17-29)39-21-20-34(3)32(35)26-38-25-24-37-23-22-36-5-2/h6-19H,4-5,20-26H2,1-3H3/b33-31-. The van der Waals surface area contributed by atoms with Gasteiger partial charge in [-0.25, -0.2) is 0 Å². The minimum atomic E-state index is -0.0890. The lowest BCUT2D eigenvalue weighted by Crippen LogP contribution is -2.34. The van der Waals surface area contributed by atoms with Crippen LogP contribution in [0.5, 0.6) is 5.75 Å². The second-order valence-corrected chi connectivity index (χ2v) is 8.99. The van der Waals surface area contributed by atoms with Gasteiger partial charge in [0.2, 0.25) is 5.91 Å². The second kappa shape index (κ2) is 17.2. The Bertz CT molecular complexity index is 1130. The Kier molecular flexibility index (Phi) is 13.3. The van der Waals surface area contributed by atoms with Gasteiger partial charge in [-0.2, -0.15) is 0 Å². The molecule has 0 aliphatic carbocycles. The van der Waals surface area contributed by atoms with E-state index in [1.165, 1.54) is 22.3 Å². The van der Waals surface area contributed by atoms with Crippen LogP contribution >= 0.6 is 0 Å². The predicted molar refractivity (Wildman–Crippen MR) is 157 cm³/mol. The third kappa shape index (κ3) is 9.98. The molecular formula is C33H41NO5. The fourth-order valence-electron chi connectivity index (χ4n) is 4.18. The Morgan fingerprint density at radius 2 is 1.23 bits per heavy atom. The zero-order chi connectivity index (χ0) is 27.7. The Morgan fingerprint density at radius 3 is 1.85 bits per heavy atom. The molecule has 0 fully saturated rings. The molecule has 1 amide bonds. The first-order valence-corrected chi connectivity index (χ1v) is 13.7. The van der Waals surface area contributed by atoms with E-state index in [-0.39, 0.29) is 12.5 Å². The topological polar surface area (TPSA) is 57.2 Å². The van der Waals surface area contributed by atoms with Crippen molar-refractivity contribution in [3.63, 3.8) is 0 Å². The quantitative estimate of drug-likeness (QED) is 0.159. The monoisotopic (exact) mass is 531 g/mol. The zero-order valence-electron chi connectivity index (χ0n) is 23.4. The molecule has 0 saturated heterocycles. The summed E-state index contributed by atoms with van der Waals surface area (Å²) in [7, 11) is 1.75. The van der Waals surface area contributed by atoms with E-state index in [1.54, 1.807) is 11.9 Å². The number of hydrogen-bond donors (Lipinski definition) is 0. The molecule has 208 valence electrons. The molecule has 0 spiro atoms. The maximum absolute atomic E-state index is 12.3. The molecule has 0 aliphatic rings. The lowest BCUT2D eigenvalue weighted by Gasteiger charge is -2.18. The summed E-state index contributed by atoms with van der Waals surface area (Å²) in [6, 6.07) is 29.2. The van der Waals surface area contributed by atoms with Gasteiger partial charge in [0.05, 0.1) is 33.0 Å². The van der Waals surface area contributed by atoms with Gasteiger partial charge in [0, 0.05) is 13.7 Å². The van der Waals surface area contributed by atoms with E-state index >= 15 is 0 Å². The van der Waals surface area contributed by atoms with Gasteiger partial charge in [0.15, 0.2) is 0 Å². The first-order chi connectivity index (χ1) is 19.1. The first kappa shape index (κ1) is 30.1. The maximum atomic E-state index is 12.3. The third-order valence-electron chi connectivity index (χ3n) is 6.28. The molecule has 6 nitrogen and oxygen atoms in total. The minimum Gasteiger partial charge on any atom is -0.492 e. The van der Waals surface area contributed by atoms with E-state index in [2.05, 4.69) is 67.6 Å². The van der Waals surface area contributed by atoms with Crippen LogP contribution in [0.2, 0.25) is 0 Å². The van der Waals surface area contributed by atoms with Gasteiger partial charge in [-0.15, -0.1) is 0 Å². The fourth-order valence-corrected chi connectivity index (χ4v) is 4.18. The van der Waals surface area contributed by atoms with E-state index in [9.17, 15) is 4.79 Å². The molecule has 6 heteroatoms. The summed E-state index contributed by atoms with van der Waals surface area (Å²) >= 11 is 0. The summed E-state index contributed by atoms with van der Waals surface area (Å²) in [5.41, 5.74) is 6.08. The summed E-state index contributed by atoms with van der Waals surface area (Å²) in [4.78, 5) is 13.9. The molecule has 3 aromatic rings. The van der Waals surface area contributed by atoms with Crippen molar-refractivity contribution in [1.29, 1.82) is 0 Å². The molecule has 0 heterocycles. The van der Waals surface area contributed by atoms with Gasteiger partial charge in [-0.1, -0.05) is 79.7 Å². The summed E-state index contributed by atoms with van der Waals surface area (Å²) < 4.78 is 22.0. The van der Waals surface area contributed by atoms with Gasteiger partial charge < -0.3 is 23.8 Å². The largest absolute Gasteiger partial charge is 0.492 e. The van der Waals surface area contributed by atoms with E-state index in [0.29, 0.717) is 46.2 Å². The normalized spacial score (nSPS) is 11.7. The molecule has 0 unspecified atom stereocenters. The molecule has 3 aromatic carbocycles. The van der Waals surface area contributed by atoms with Crippen molar-refractivity contribution >= 4 is 17.1 Å². The van der Waals surface area contributed by atoms with Gasteiger partial charge in [-0.3, -0.25) is 4.79 Å². The molecule has 0 saturated carbocycles. The molecule has 0 bridgehead atoms. The van der Waals surface area contributed by atoms with Crippen LogP contribution in [0.25, 0.3) is 11.1 Å². The highest BCUT2D eigenvalue weighted by molar-refractivity contribution is 5.98. The highest BCUT2D eigenvalue weighted by atomic mass is 16.5. The van der Waals surface area contributed by atoms with E-state index in [4.69, 9.17) is 18.9 Å². The number of carbonyl (C=O) groups excluding carboxylic acids is 1. The molecule has 3 rings (SSSR count). The molecule has 39 heavy (non-hydrogen) atoms.